The van der Waals surface area contributed by atoms with Gasteiger partial charge in [-0.3, -0.25) is 0 Å². The molecule has 0 saturated carbocycles. The van der Waals surface area contributed by atoms with Crippen LogP contribution in [0.25, 0.3) is 88.9 Å². The SMILES string of the molecule is CC1=C(C)c2nc1c(-c1ccccc1)c1[n-]c(c(C)c1C)c(-c1ccccc1)c1nc(c(-c3ccccc3)c3[n-]c(c(C)c3C)c2-c2ccccc2)C(C)=C1C.Cn1ccnc1.Cn1ccnc1.[Fe+3]. The predicted octanol–water partition coefficient (Wildman–Crippen LogP) is 14.2. The summed E-state index contributed by atoms with van der Waals surface area (Å²) in [5, 5.41) is 0. The van der Waals surface area contributed by atoms with Crippen molar-refractivity contribution in [3.05, 3.63) is 204 Å². The molecule has 343 valence electrons. The van der Waals surface area contributed by atoms with Crippen LogP contribution in [0.1, 0.15) is 72.7 Å². The van der Waals surface area contributed by atoms with E-state index in [9.17, 15) is 0 Å². The summed E-state index contributed by atoms with van der Waals surface area (Å²) in [7, 11) is 3.88. The van der Waals surface area contributed by atoms with E-state index in [1.54, 1.807) is 25.0 Å². The minimum Gasteiger partial charge on any atom is -0.656 e. The Hall–Kier alpha value is -7.58. The van der Waals surface area contributed by atoms with Crippen molar-refractivity contribution >= 4 is 44.4 Å². The Bertz CT molecular complexity index is 3080. The summed E-state index contributed by atoms with van der Waals surface area (Å²) in [5.41, 5.74) is 25.1. The Labute approximate surface area is 416 Å². The van der Waals surface area contributed by atoms with Crippen molar-refractivity contribution in [1.29, 1.82) is 0 Å². The van der Waals surface area contributed by atoms with Crippen molar-refractivity contribution < 1.29 is 17.1 Å². The summed E-state index contributed by atoms with van der Waals surface area (Å²) in [6.07, 6.45) is 10.8. The molecule has 4 aromatic carbocycles. The van der Waals surface area contributed by atoms with Crippen LogP contribution >= 0.6 is 0 Å². The molecular weight excluding hydrogens is 889 g/mol. The molecule has 69 heavy (non-hydrogen) atoms. The van der Waals surface area contributed by atoms with Crippen LogP contribution in [0.2, 0.25) is 0 Å². The minimum absolute atomic E-state index is 0. The smallest absolute Gasteiger partial charge is 0.656 e. The van der Waals surface area contributed by atoms with Crippen LogP contribution in [-0.2, 0) is 31.2 Å². The Morgan fingerprint density at radius 2 is 0.580 bits per heavy atom. The van der Waals surface area contributed by atoms with Crippen molar-refractivity contribution in [3.8, 4) is 44.5 Å². The fourth-order valence-corrected chi connectivity index (χ4v) is 9.10. The van der Waals surface area contributed by atoms with E-state index in [0.717, 1.165) is 134 Å². The van der Waals surface area contributed by atoms with Crippen molar-refractivity contribution in [3.63, 3.8) is 0 Å². The Balaban J connectivity index is 0.000000432. The summed E-state index contributed by atoms with van der Waals surface area (Å²) in [5.74, 6) is 0. The number of aryl methyl sites for hydroxylation is 6. The summed E-state index contributed by atoms with van der Waals surface area (Å²) in [6.45, 7) is 17.7. The molecule has 0 amide bonds. The van der Waals surface area contributed by atoms with E-state index in [1.807, 2.05) is 35.6 Å². The van der Waals surface area contributed by atoms with Gasteiger partial charge in [0.15, 0.2) is 0 Å². The maximum absolute atomic E-state index is 5.68. The van der Waals surface area contributed by atoms with Crippen molar-refractivity contribution in [2.75, 3.05) is 0 Å². The van der Waals surface area contributed by atoms with Crippen molar-refractivity contribution in [2.45, 2.75) is 55.4 Å². The van der Waals surface area contributed by atoms with Crippen molar-refractivity contribution in [1.82, 2.24) is 39.0 Å². The summed E-state index contributed by atoms with van der Waals surface area (Å²) < 4.78 is 3.78. The molecule has 0 saturated heterocycles. The van der Waals surface area contributed by atoms with Gasteiger partial charge in [-0.15, -0.1) is 22.1 Å². The second kappa shape index (κ2) is 20.3. The number of rotatable bonds is 4. The number of benzene rings is 4. The fraction of sp³-hybridized carbons (Fsp3) is 0.167. The molecule has 2 aliphatic rings. The zero-order valence-corrected chi connectivity index (χ0v) is 42.0. The molecule has 8 nitrogen and oxygen atoms in total. The molecule has 0 N–H and O–H groups in total. The zero-order valence-electron chi connectivity index (χ0n) is 40.9. The number of imidazole rings is 2. The molecule has 0 aliphatic carbocycles. The molecule has 9 aromatic rings. The number of hydrogen-bond acceptors (Lipinski definition) is 4. The number of allylic oxidation sites excluding steroid dienone is 4. The maximum Gasteiger partial charge on any atom is 3.00 e. The third-order valence-corrected chi connectivity index (χ3v) is 13.4. The molecule has 2 aliphatic heterocycles. The largest absolute Gasteiger partial charge is 3.00 e. The van der Waals surface area contributed by atoms with Crippen LogP contribution in [0, 0.1) is 27.7 Å². The molecule has 0 fully saturated rings. The molecule has 0 atom stereocenters. The molecule has 11 rings (SSSR count). The molecule has 5 aromatic heterocycles. The molecule has 9 heteroatoms. The van der Waals surface area contributed by atoms with Gasteiger partial charge in [0.2, 0.25) is 0 Å². The fourth-order valence-electron chi connectivity index (χ4n) is 9.10. The second-order valence-electron chi connectivity index (χ2n) is 17.7. The van der Waals surface area contributed by atoms with E-state index >= 15 is 0 Å². The number of hydrogen-bond donors (Lipinski definition) is 0. The van der Waals surface area contributed by atoms with Gasteiger partial charge in [0.25, 0.3) is 0 Å². The molecular formula is C60H56FeN8+. The van der Waals surface area contributed by atoms with Gasteiger partial charge in [-0.25, -0.2) is 19.9 Å². The van der Waals surface area contributed by atoms with Crippen LogP contribution in [-0.4, -0.2) is 29.1 Å². The van der Waals surface area contributed by atoms with Crippen LogP contribution < -0.4 is 9.97 Å². The predicted molar refractivity (Wildman–Crippen MR) is 282 cm³/mol. The van der Waals surface area contributed by atoms with Gasteiger partial charge in [0, 0.05) is 38.9 Å². The number of nitrogens with zero attached hydrogens (tertiary/aromatic N) is 8. The van der Waals surface area contributed by atoms with Crippen molar-refractivity contribution in [2.24, 2.45) is 14.1 Å². The van der Waals surface area contributed by atoms with E-state index in [-0.39, 0.29) is 17.1 Å². The van der Waals surface area contributed by atoms with Gasteiger partial charge < -0.3 is 19.1 Å². The van der Waals surface area contributed by atoms with E-state index in [4.69, 9.17) is 19.9 Å². The first-order valence-electron chi connectivity index (χ1n) is 23.1. The topological polar surface area (TPSA) is 89.6 Å². The third kappa shape index (κ3) is 9.11. The number of fused-ring (bicyclic) bond motifs is 8. The standard InChI is InChI=1S/C52H44N4.2C4H6N2.Fe/c1-29-30(2)46-42(38-23-15-10-16-24-38)48-33(5)34(6)50(55-48)44(40-27-19-12-20-28-40)52-36(8)35(7)51(56-52)43(39-25-17-11-18-26-39)49-32(4)31(3)47(54-49)41(45(29)53-46)37-21-13-9-14-22-37;2*1-6-3-2-5-4-6;/h9-28H,1-8H3;2*2-4H,1H3;/q-2;;;+3. The average Bonchev–Trinajstić information content (AvgIpc) is 4.24. The van der Waals surface area contributed by atoms with E-state index in [2.05, 4.69) is 187 Å². The van der Waals surface area contributed by atoms with Gasteiger partial charge >= 0.3 is 17.1 Å². The Morgan fingerprint density at radius 1 is 0.348 bits per heavy atom. The van der Waals surface area contributed by atoms with Gasteiger partial charge in [-0.2, -0.15) is 0 Å². The average molecular weight is 945 g/mol. The summed E-state index contributed by atoms with van der Waals surface area (Å²) in [6, 6.07) is 42.6. The molecule has 0 unspecified atom stereocenters. The first-order chi connectivity index (χ1) is 32.9. The molecule has 7 heterocycles. The minimum atomic E-state index is 0. The maximum atomic E-state index is 5.68. The van der Waals surface area contributed by atoms with Gasteiger partial charge in [-0.05, 0) is 122 Å². The summed E-state index contributed by atoms with van der Waals surface area (Å²) in [4.78, 5) is 30.3. The Morgan fingerprint density at radius 3 is 0.754 bits per heavy atom. The van der Waals surface area contributed by atoms with Gasteiger partial charge in [0.1, 0.15) is 0 Å². The number of aromatic nitrogens is 8. The van der Waals surface area contributed by atoms with Crippen LogP contribution in [0.4, 0.5) is 0 Å². The van der Waals surface area contributed by atoms with Crippen LogP contribution in [0.15, 0.2) is 159 Å². The molecule has 0 spiro atoms. The van der Waals surface area contributed by atoms with Gasteiger partial charge in [-0.1, -0.05) is 144 Å². The van der Waals surface area contributed by atoms with E-state index in [1.165, 1.54) is 0 Å². The monoisotopic (exact) mass is 944 g/mol. The first kappa shape index (κ1) is 47.9. The van der Waals surface area contributed by atoms with Crippen LogP contribution in [0.3, 0.4) is 0 Å². The quantitative estimate of drug-likeness (QED) is 0.163. The molecule has 8 bridgehead atoms. The first-order valence-corrected chi connectivity index (χ1v) is 23.1. The Kier molecular flexibility index (Phi) is 14.1. The normalized spacial score (nSPS) is 12.0. The van der Waals surface area contributed by atoms with Gasteiger partial charge in [0.05, 0.1) is 35.4 Å². The van der Waals surface area contributed by atoms with Crippen LogP contribution in [0.5, 0.6) is 0 Å². The molecule has 1 radical (unpaired) electrons. The van der Waals surface area contributed by atoms with E-state index < -0.39 is 0 Å². The summed E-state index contributed by atoms with van der Waals surface area (Å²) >= 11 is 0. The second-order valence-corrected chi connectivity index (χ2v) is 17.7. The zero-order chi connectivity index (χ0) is 47.6. The third-order valence-electron chi connectivity index (χ3n) is 13.4. The van der Waals surface area contributed by atoms with E-state index in [0.29, 0.717) is 0 Å².